The Hall–Kier alpha value is -0.300. The van der Waals surface area contributed by atoms with Gasteiger partial charge in [0.05, 0.1) is 2.74 Å². The normalized spacial score (nSPS) is 13.2. The largest absolute Gasteiger partial charge is 0.344 e. The minimum absolute atomic E-state index is 0.551. The van der Waals surface area contributed by atoms with Gasteiger partial charge in [0, 0.05) is 36.0 Å². The Labute approximate surface area is 124 Å². The summed E-state index contributed by atoms with van der Waals surface area (Å²) >= 11 is 4.39. The Morgan fingerprint density at radius 1 is 1.00 bits per heavy atom. The van der Waals surface area contributed by atoms with Crippen molar-refractivity contribution < 1.29 is 2.74 Å². The first kappa shape index (κ1) is 8.74. The smallest absolute Gasteiger partial charge is 0.0635 e. The van der Waals surface area contributed by atoms with Gasteiger partial charge in [-0.15, -0.1) is 0 Å². The first-order valence-corrected chi connectivity index (χ1v) is 6.99. The SMILES string of the molecule is [2H]c1cc2c(cc1I)c1cc(I)c([2H])cc1n2C. The number of aromatic nitrogens is 1. The number of fused-ring (bicyclic) bond motifs is 3. The van der Waals surface area contributed by atoms with E-state index in [1.54, 1.807) is 0 Å². The Morgan fingerprint density at radius 3 is 1.88 bits per heavy atom. The number of aryl methyl sites for hydroxylation is 1. The molecule has 0 bridgehead atoms. The third kappa shape index (κ3) is 1.55. The average molecular weight is 435 g/mol. The van der Waals surface area contributed by atoms with E-state index in [0.717, 1.165) is 28.9 Å². The van der Waals surface area contributed by atoms with Crippen LogP contribution in [0.3, 0.4) is 0 Å². The van der Waals surface area contributed by atoms with Gasteiger partial charge in [0.2, 0.25) is 0 Å². The van der Waals surface area contributed by atoms with E-state index in [4.69, 9.17) is 2.74 Å². The van der Waals surface area contributed by atoms with Crippen LogP contribution in [0.5, 0.6) is 0 Å². The molecule has 0 N–H and O–H groups in total. The van der Waals surface area contributed by atoms with Crippen LogP contribution in [0.2, 0.25) is 0 Å². The first-order valence-electron chi connectivity index (χ1n) is 5.83. The highest BCUT2D eigenvalue weighted by molar-refractivity contribution is 14.1. The standard InChI is InChI=1S/C13H9I2N/c1-16-12-4-2-8(14)6-10(12)11-7-9(15)3-5-13(11)16/h2-7H,1H3/i2D,3D. The van der Waals surface area contributed by atoms with Crippen LogP contribution in [0.25, 0.3) is 21.8 Å². The Bertz CT molecular complexity index is 728. The fraction of sp³-hybridized carbons (Fsp3) is 0.0769. The number of hydrogen-bond acceptors (Lipinski definition) is 0. The zero-order valence-corrected chi connectivity index (χ0v) is 12.8. The van der Waals surface area contributed by atoms with E-state index < -0.39 is 0 Å². The molecule has 0 spiro atoms. The minimum atomic E-state index is 0.551. The second kappa shape index (κ2) is 3.87. The van der Waals surface area contributed by atoms with Gasteiger partial charge in [0.25, 0.3) is 0 Å². The van der Waals surface area contributed by atoms with Crippen LogP contribution in [0.1, 0.15) is 2.74 Å². The van der Waals surface area contributed by atoms with Crippen molar-refractivity contribution in [3.05, 3.63) is 43.5 Å². The quantitative estimate of drug-likeness (QED) is 0.458. The van der Waals surface area contributed by atoms with Crippen molar-refractivity contribution >= 4 is 67.0 Å². The molecule has 1 heterocycles. The van der Waals surface area contributed by atoms with Crippen molar-refractivity contribution in [3.8, 4) is 0 Å². The van der Waals surface area contributed by atoms with Crippen molar-refractivity contribution in [1.82, 2.24) is 4.57 Å². The van der Waals surface area contributed by atoms with Gasteiger partial charge in [-0.2, -0.15) is 0 Å². The third-order valence-electron chi connectivity index (χ3n) is 2.80. The molecular formula is C13H9I2N. The van der Waals surface area contributed by atoms with Crippen molar-refractivity contribution in [2.75, 3.05) is 0 Å². The van der Waals surface area contributed by atoms with Gasteiger partial charge >= 0.3 is 0 Å². The molecule has 3 aromatic rings. The summed E-state index contributed by atoms with van der Waals surface area (Å²) in [5.41, 5.74) is 2.11. The number of rotatable bonds is 0. The topological polar surface area (TPSA) is 4.93 Å². The summed E-state index contributed by atoms with van der Waals surface area (Å²) in [7, 11) is 1.99. The molecular weight excluding hydrogens is 424 g/mol. The van der Waals surface area contributed by atoms with Crippen LogP contribution in [-0.4, -0.2) is 4.57 Å². The summed E-state index contributed by atoms with van der Waals surface area (Å²) in [5.74, 6) is 0. The average Bonchev–Trinajstić information content (AvgIpc) is 2.56. The van der Waals surface area contributed by atoms with Crippen LogP contribution in [0.15, 0.2) is 36.4 Å². The van der Waals surface area contributed by atoms with Crippen LogP contribution >= 0.6 is 45.2 Å². The number of nitrogens with zero attached hydrogens (tertiary/aromatic N) is 1. The molecule has 80 valence electrons. The van der Waals surface area contributed by atoms with E-state index in [9.17, 15) is 0 Å². The minimum Gasteiger partial charge on any atom is -0.344 e. The fourth-order valence-corrected chi connectivity index (χ4v) is 2.97. The summed E-state index contributed by atoms with van der Waals surface area (Å²) in [6.45, 7) is 0. The summed E-state index contributed by atoms with van der Waals surface area (Å²) in [5, 5.41) is 2.32. The lowest BCUT2D eigenvalue weighted by atomic mass is 10.2. The molecule has 0 saturated carbocycles. The van der Waals surface area contributed by atoms with Crippen LogP contribution in [0.4, 0.5) is 0 Å². The monoisotopic (exact) mass is 435 g/mol. The van der Waals surface area contributed by atoms with E-state index in [-0.39, 0.29) is 0 Å². The Balaban J connectivity index is 2.58. The maximum Gasteiger partial charge on any atom is 0.0635 e. The second-order valence-electron chi connectivity index (χ2n) is 3.72. The number of hydrogen-bond donors (Lipinski definition) is 0. The molecule has 2 aromatic carbocycles. The van der Waals surface area contributed by atoms with Gasteiger partial charge in [0.1, 0.15) is 0 Å². The highest BCUT2D eigenvalue weighted by atomic mass is 127. The lowest BCUT2D eigenvalue weighted by Gasteiger charge is -1.97. The van der Waals surface area contributed by atoms with Crippen molar-refractivity contribution in [2.24, 2.45) is 7.05 Å². The molecule has 3 rings (SSSR count). The van der Waals surface area contributed by atoms with E-state index in [1.165, 1.54) is 0 Å². The molecule has 3 heteroatoms. The molecule has 16 heavy (non-hydrogen) atoms. The van der Waals surface area contributed by atoms with Gasteiger partial charge in [-0.25, -0.2) is 0 Å². The molecule has 0 amide bonds. The highest BCUT2D eigenvalue weighted by Gasteiger charge is 2.08. The van der Waals surface area contributed by atoms with Gasteiger partial charge in [-0.1, -0.05) is 0 Å². The third-order valence-corrected chi connectivity index (χ3v) is 4.05. The predicted molar refractivity (Wildman–Crippen MR) is 85.9 cm³/mol. The zero-order valence-electron chi connectivity index (χ0n) is 10.5. The fourth-order valence-electron chi connectivity index (χ4n) is 2.03. The molecule has 0 aliphatic carbocycles. The summed E-state index contributed by atoms with van der Waals surface area (Å²) in [6.07, 6.45) is 0. The van der Waals surface area contributed by atoms with Crippen LogP contribution < -0.4 is 0 Å². The van der Waals surface area contributed by atoms with Crippen LogP contribution in [0, 0.1) is 7.14 Å². The van der Waals surface area contributed by atoms with Gasteiger partial charge in [0.15, 0.2) is 0 Å². The van der Waals surface area contributed by atoms with Gasteiger partial charge in [-0.3, -0.25) is 0 Å². The van der Waals surface area contributed by atoms with E-state index >= 15 is 0 Å². The summed E-state index contributed by atoms with van der Waals surface area (Å²) in [4.78, 5) is 0. The maximum absolute atomic E-state index is 7.90. The molecule has 0 saturated heterocycles. The van der Waals surface area contributed by atoms with Gasteiger partial charge < -0.3 is 4.57 Å². The highest BCUT2D eigenvalue weighted by Crippen LogP contribution is 2.30. The molecule has 1 aromatic heterocycles. The molecule has 0 unspecified atom stereocenters. The predicted octanol–water partition coefficient (Wildman–Crippen LogP) is 4.54. The molecule has 1 nitrogen and oxygen atoms in total. The second-order valence-corrected chi connectivity index (χ2v) is 6.04. The molecule has 0 aliphatic heterocycles. The van der Waals surface area contributed by atoms with Crippen LogP contribution in [-0.2, 0) is 7.05 Å². The lowest BCUT2D eigenvalue weighted by Crippen LogP contribution is -1.85. The molecule has 0 fully saturated rings. The van der Waals surface area contributed by atoms with Crippen molar-refractivity contribution in [1.29, 1.82) is 0 Å². The van der Waals surface area contributed by atoms with E-state index in [2.05, 4.69) is 61.9 Å². The number of benzene rings is 2. The summed E-state index contributed by atoms with van der Waals surface area (Å²) in [6, 6.07) is 9.01. The van der Waals surface area contributed by atoms with E-state index in [0.29, 0.717) is 12.1 Å². The molecule has 0 atom stereocenters. The summed E-state index contributed by atoms with van der Waals surface area (Å²) < 4.78 is 19.8. The van der Waals surface area contributed by atoms with Gasteiger partial charge in [-0.05, 0) is 81.5 Å². The molecule has 0 aliphatic rings. The zero-order chi connectivity index (χ0) is 13.0. The first-order chi connectivity index (χ1) is 8.49. The molecule has 0 radical (unpaired) electrons. The lowest BCUT2D eigenvalue weighted by molar-refractivity contribution is 1.01. The Kier molecular flexibility index (Phi) is 2.11. The van der Waals surface area contributed by atoms with Crippen molar-refractivity contribution in [3.63, 3.8) is 0 Å². The maximum atomic E-state index is 7.90. The Morgan fingerprint density at radius 2 is 1.44 bits per heavy atom. The number of halogens is 2. The van der Waals surface area contributed by atoms with Crippen molar-refractivity contribution in [2.45, 2.75) is 0 Å². The van der Waals surface area contributed by atoms with E-state index in [1.807, 2.05) is 19.2 Å².